The first-order valence-electron chi connectivity index (χ1n) is 2.56. The van der Waals surface area contributed by atoms with E-state index in [0.717, 1.165) is 5.75 Å². The van der Waals surface area contributed by atoms with Crippen LogP contribution < -0.4 is 0 Å². The summed E-state index contributed by atoms with van der Waals surface area (Å²) in [4.78, 5) is 10.2. The molecule has 54 valence electrons. The monoisotopic (exact) mass is 166 g/mol. The number of carbonyl (C=O) groups is 1. The molecule has 0 fully saturated rings. The molecule has 0 unspecified atom stereocenters. The van der Waals surface area contributed by atoms with Crippen molar-refractivity contribution in [3.8, 4) is 0 Å². The second-order valence-corrected chi connectivity index (χ2v) is 4.01. The van der Waals surface area contributed by atoms with Gasteiger partial charge in [-0.15, -0.1) is 0 Å². The summed E-state index contributed by atoms with van der Waals surface area (Å²) in [5.41, 5.74) is 0. The first-order valence-corrected chi connectivity index (χ1v) is 5.29. The summed E-state index contributed by atoms with van der Waals surface area (Å²) in [6, 6.07) is 0. The molecule has 0 radical (unpaired) electrons. The van der Waals surface area contributed by atoms with E-state index in [2.05, 4.69) is 4.74 Å². The molecule has 0 amide bonds. The van der Waals surface area contributed by atoms with Gasteiger partial charge < -0.3 is 4.74 Å². The van der Waals surface area contributed by atoms with Gasteiger partial charge in [0.1, 0.15) is 6.61 Å². The maximum Gasteiger partial charge on any atom is 0.302 e. The van der Waals surface area contributed by atoms with Crippen molar-refractivity contribution < 1.29 is 9.53 Å². The maximum absolute atomic E-state index is 10.2. The van der Waals surface area contributed by atoms with Crippen LogP contribution in [0.2, 0.25) is 0 Å². The number of esters is 1. The van der Waals surface area contributed by atoms with Crippen molar-refractivity contribution in [1.82, 2.24) is 0 Å². The van der Waals surface area contributed by atoms with E-state index in [-0.39, 0.29) is 5.97 Å². The zero-order valence-electron chi connectivity index (χ0n) is 5.55. The molecular weight excluding hydrogens is 156 g/mol. The SMILES string of the molecule is CSSCCOC(C)=O. The molecule has 0 aliphatic rings. The van der Waals surface area contributed by atoms with E-state index in [0.29, 0.717) is 6.61 Å². The van der Waals surface area contributed by atoms with Gasteiger partial charge in [0.05, 0.1) is 0 Å². The Morgan fingerprint density at radius 2 is 2.33 bits per heavy atom. The molecule has 0 aromatic rings. The molecule has 0 atom stereocenters. The highest BCUT2D eigenvalue weighted by molar-refractivity contribution is 8.76. The Kier molecular flexibility index (Phi) is 6.41. The third-order valence-corrected chi connectivity index (χ3v) is 2.37. The smallest absolute Gasteiger partial charge is 0.302 e. The topological polar surface area (TPSA) is 26.3 Å². The summed E-state index contributed by atoms with van der Waals surface area (Å²) in [6.07, 6.45) is 2.00. The summed E-state index contributed by atoms with van der Waals surface area (Å²) in [5.74, 6) is 0.678. The molecule has 0 spiro atoms. The molecule has 2 nitrogen and oxygen atoms in total. The predicted molar refractivity (Wildman–Crippen MR) is 42.6 cm³/mol. The quantitative estimate of drug-likeness (QED) is 0.360. The Labute approximate surface area is 63.1 Å². The van der Waals surface area contributed by atoms with Crippen molar-refractivity contribution >= 4 is 27.6 Å². The van der Waals surface area contributed by atoms with Crippen molar-refractivity contribution in [1.29, 1.82) is 0 Å². The van der Waals surface area contributed by atoms with Crippen LogP contribution in [-0.2, 0) is 9.53 Å². The minimum absolute atomic E-state index is 0.197. The van der Waals surface area contributed by atoms with Crippen LogP contribution >= 0.6 is 21.6 Å². The van der Waals surface area contributed by atoms with Gasteiger partial charge in [-0.3, -0.25) is 4.79 Å². The molecule has 9 heavy (non-hydrogen) atoms. The van der Waals surface area contributed by atoms with Crippen LogP contribution in [0.4, 0.5) is 0 Å². The summed E-state index contributed by atoms with van der Waals surface area (Å²) in [6.45, 7) is 1.95. The molecule has 0 aromatic carbocycles. The summed E-state index contributed by atoms with van der Waals surface area (Å²) in [7, 11) is 3.37. The first kappa shape index (κ1) is 9.17. The van der Waals surface area contributed by atoms with Gasteiger partial charge in [-0.2, -0.15) is 0 Å². The molecule has 4 heteroatoms. The third kappa shape index (κ3) is 8.17. The summed E-state index contributed by atoms with van der Waals surface area (Å²) >= 11 is 0. The van der Waals surface area contributed by atoms with Gasteiger partial charge in [-0.05, 0) is 6.26 Å². The van der Waals surface area contributed by atoms with Gasteiger partial charge in [-0.25, -0.2) is 0 Å². The van der Waals surface area contributed by atoms with Crippen molar-refractivity contribution in [3.05, 3.63) is 0 Å². The fourth-order valence-electron chi connectivity index (χ4n) is 0.303. The zero-order valence-corrected chi connectivity index (χ0v) is 7.18. The molecule has 0 rings (SSSR count). The van der Waals surface area contributed by atoms with E-state index in [9.17, 15) is 4.79 Å². The van der Waals surface area contributed by atoms with Gasteiger partial charge >= 0.3 is 5.97 Å². The predicted octanol–water partition coefficient (Wildman–Crippen LogP) is 1.56. The lowest BCUT2D eigenvalue weighted by molar-refractivity contribution is -0.140. The van der Waals surface area contributed by atoms with Crippen LogP contribution in [0.15, 0.2) is 0 Å². The van der Waals surface area contributed by atoms with Crippen molar-refractivity contribution in [2.75, 3.05) is 18.6 Å². The molecular formula is C5H10O2S2. The summed E-state index contributed by atoms with van der Waals surface area (Å²) in [5, 5.41) is 0. The van der Waals surface area contributed by atoms with Crippen LogP contribution in [0.5, 0.6) is 0 Å². The number of hydrogen-bond acceptors (Lipinski definition) is 4. The molecule has 0 saturated heterocycles. The average molecular weight is 166 g/mol. The highest BCUT2D eigenvalue weighted by atomic mass is 33.1. The Balaban J connectivity index is 2.83. The van der Waals surface area contributed by atoms with Crippen molar-refractivity contribution in [2.45, 2.75) is 6.92 Å². The third-order valence-electron chi connectivity index (χ3n) is 0.590. The lowest BCUT2D eigenvalue weighted by atomic mass is 10.8. The standard InChI is InChI=1S/C5H10O2S2/c1-5(6)7-3-4-9-8-2/h3-4H2,1-2H3. The highest BCUT2D eigenvalue weighted by Gasteiger charge is 1.90. The minimum atomic E-state index is -0.197. The fourth-order valence-corrected chi connectivity index (χ4v) is 1.32. The largest absolute Gasteiger partial charge is 0.465 e. The number of carbonyl (C=O) groups excluding carboxylic acids is 1. The van der Waals surface area contributed by atoms with E-state index >= 15 is 0 Å². The second kappa shape index (κ2) is 6.29. The zero-order chi connectivity index (χ0) is 7.11. The van der Waals surface area contributed by atoms with Crippen molar-refractivity contribution in [3.63, 3.8) is 0 Å². The van der Waals surface area contributed by atoms with Crippen molar-refractivity contribution in [2.24, 2.45) is 0 Å². The Hall–Kier alpha value is 0.170. The molecule has 0 bridgehead atoms. The second-order valence-electron chi connectivity index (χ2n) is 1.33. The van der Waals surface area contributed by atoms with Gasteiger partial charge in [-0.1, -0.05) is 21.6 Å². The van der Waals surface area contributed by atoms with E-state index in [1.54, 1.807) is 21.6 Å². The fraction of sp³-hybridized carbons (Fsp3) is 0.800. The van der Waals surface area contributed by atoms with Gasteiger partial charge in [0, 0.05) is 12.7 Å². The number of hydrogen-bond donors (Lipinski definition) is 0. The van der Waals surface area contributed by atoms with E-state index < -0.39 is 0 Å². The summed E-state index contributed by atoms with van der Waals surface area (Å²) < 4.78 is 4.67. The first-order chi connectivity index (χ1) is 4.27. The number of ether oxygens (including phenoxy) is 1. The van der Waals surface area contributed by atoms with E-state index in [4.69, 9.17) is 0 Å². The molecule has 0 aliphatic carbocycles. The normalized spacial score (nSPS) is 9.11. The highest BCUT2D eigenvalue weighted by Crippen LogP contribution is 2.15. The molecule has 0 N–H and O–H groups in total. The molecule has 0 aliphatic heterocycles. The lowest BCUT2D eigenvalue weighted by Gasteiger charge is -1.97. The Bertz CT molecular complexity index is 85.0. The minimum Gasteiger partial charge on any atom is -0.465 e. The van der Waals surface area contributed by atoms with E-state index in [1.807, 2.05) is 6.26 Å². The molecule has 0 saturated carbocycles. The van der Waals surface area contributed by atoms with Gasteiger partial charge in [0.15, 0.2) is 0 Å². The van der Waals surface area contributed by atoms with Crippen LogP contribution in [0.25, 0.3) is 0 Å². The average Bonchev–Trinajstić information content (AvgIpc) is 1.80. The van der Waals surface area contributed by atoms with Gasteiger partial charge in [0.25, 0.3) is 0 Å². The van der Waals surface area contributed by atoms with Gasteiger partial charge in [0.2, 0.25) is 0 Å². The van der Waals surface area contributed by atoms with E-state index in [1.165, 1.54) is 6.92 Å². The Morgan fingerprint density at radius 3 is 2.78 bits per heavy atom. The lowest BCUT2D eigenvalue weighted by Crippen LogP contribution is -2.01. The molecule has 0 aromatic heterocycles. The van der Waals surface area contributed by atoms with Crippen LogP contribution in [-0.4, -0.2) is 24.6 Å². The van der Waals surface area contributed by atoms with Crippen LogP contribution in [0, 0.1) is 0 Å². The maximum atomic E-state index is 10.2. The molecule has 0 heterocycles. The number of rotatable bonds is 4. The Morgan fingerprint density at radius 1 is 1.67 bits per heavy atom. The van der Waals surface area contributed by atoms with Crippen LogP contribution in [0.1, 0.15) is 6.92 Å². The van der Waals surface area contributed by atoms with Crippen LogP contribution in [0.3, 0.4) is 0 Å².